The molecule has 0 radical (unpaired) electrons. The molecule has 41 heavy (non-hydrogen) atoms. The van der Waals surface area contributed by atoms with Crippen molar-refractivity contribution in [2.75, 3.05) is 4.90 Å². The number of pyridine rings is 1. The molecule has 7 heteroatoms. The Hall–Kier alpha value is -4.91. The van der Waals surface area contributed by atoms with E-state index in [0.29, 0.717) is 51.8 Å². The minimum Gasteiger partial charge on any atom is -0.451 e. The minimum atomic E-state index is -0.977. The number of esters is 1. The molecule has 3 atom stereocenters. The number of fused-ring (bicyclic) bond motifs is 2. The third-order valence-corrected chi connectivity index (χ3v) is 7.90. The summed E-state index contributed by atoms with van der Waals surface area (Å²) in [5.41, 5.74) is 4.05. The number of aryl methyl sites for hydroxylation is 1. The molecular weight excluding hydrogens is 516 g/mol. The first-order valence-electron chi connectivity index (χ1n) is 13.7. The summed E-state index contributed by atoms with van der Waals surface area (Å²) < 4.78 is 5.65. The van der Waals surface area contributed by atoms with E-state index in [1.54, 1.807) is 67.6 Å². The number of aromatic nitrogens is 1. The molecule has 1 aromatic heterocycles. The van der Waals surface area contributed by atoms with E-state index >= 15 is 0 Å². The Bertz CT molecular complexity index is 1700. The van der Waals surface area contributed by atoms with Crippen LogP contribution in [0.1, 0.15) is 46.0 Å². The zero-order valence-corrected chi connectivity index (χ0v) is 22.7. The third kappa shape index (κ3) is 4.73. The van der Waals surface area contributed by atoms with Crippen LogP contribution in [0.3, 0.4) is 0 Å². The standard InChI is InChI=1S/C34H28N2O5/c1-20-9-8-14-25-28(34(40)41-21(2)31(37)23-10-4-3-5-11-23)19-29(35-30(20)25)22-15-17-24(18-16-22)36-32(38)26-12-6-7-13-27(26)33(36)39/h3-11,14-19,21,26-27H,12-13H2,1-2H3. The molecular formula is C34H28N2O5. The van der Waals surface area contributed by atoms with E-state index in [0.717, 1.165) is 5.56 Å². The van der Waals surface area contributed by atoms with Gasteiger partial charge in [-0.15, -0.1) is 0 Å². The Balaban J connectivity index is 1.31. The van der Waals surface area contributed by atoms with Crippen molar-refractivity contribution < 1.29 is 23.9 Å². The topological polar surface area (TPSA) is 93.6 Å². The highest BCUT2D eigenvalue weighted by Crippen LogP contribution is 2.38. The maximum absolute atomic E-state index is 13.4. The van der Waals surface area contributed by atoms with Gasteiger partial charge in [0.25, 0.3) is 0 Å². The summed E-state index contributed by atoms with van der Waals surface area (Å²) in [6, 6.07) is 23.0. The summed E-state index contributed by atoms with van der Waals surface area (Å²) in [5, 5.41) is 0.624. The molecule has 0 bridgehead atoms. The number of para-hydroxylation sites is 1. The lowest BCUT2D eigenvalue weighted by molar-refractivity contribution is -0.122. The number of carbonyl (C=O) groups is 4. The van der Waals surface area contributed by atoms with Gasteiger partial charge in [0.2, 0.25) is 17.6 Å². The van der Waals surface area contributed by atoms with E-state index < -0.39 is 12.1 Å². The summed E-state index contributed by atoms with van der Waals surface area (Å²) in [6.07, 6.45) is 4.12. The predicted octanol–water partition coefficient (Wildman–Crippen LogP) is 6.09. The van der Waals surface area contributed by atoms with Gasteiger partial charge in [-0.3, -0.25) is 19.3 Å². The van der Waals surface area contributed by atoms with Crippen LogP contribution in [0.15, 0.2) is 91.0 Å². The van der Waals surface area contributed by atoms with Crippen LogP contribution in [0.2, 0.25) is 0 Å². The SMILES string of the molecule is Cc1cccc2c(C(=O)OC(C)C(=O)c3ccccc3)cc(-c3ccc(N4C(=O)C5CC=CCC5C4=O)cc3)nc12. The predicted molar refractivity (Wildman–Crippen MR) is 155 cm³/mol. The molecule has 0 saturated carbocycles. The molecule has 0 spiro atoms. The van der Waals surface area contributed by atoms with Crippen molar-refractivity contribution in [2.45, 2.75) is 32.8 Å². The Morgan fingerprint density at radius 3 is 2.20 bits per heavy atom. The van der Waals surface area contributed by atoms with Crippen LogP contribution >= 0.6 is 0 Å². The van der Waals surface area contributed by atoms with Crippen LogP contribution in [0.5, 0.6) is 0 Å². The average Bonchev–Trinajstić information content (AvgIpc) is 3.26. The molecule has 1 aliphatic carbocycles. The largest absolute Gasteiger partial charge is 0.451 e. The minimum absolute atomic E-state index is 0.166. The lowest BCUT2D eigenvalue weighted by atomic mass is 9.85. The number of benzene rings is 3. The number of ether oxygens (including phenoxy) is 1. The van der Waals surface area contributed by atoms with Gasteiger partial charge >= 0.3 is 5.97 Å². The number of rotatable bonds is 6. The van der Waals surface area contributed by atoms with Crippen LogP contribution < -0.4 is 4.90 Å². The number of hydrogen-bond acceptors (Lipinski definition) is 6. The van der Waals surface area contributed by atoms with Gasteiger partial charge in [0.1, 0.15) is 0 Å². The fraction of sp³-hybridized carbons (Fsp3) is 0.206. The van der Waals surface area contributed by atoms with E-state index in [2.05, 4.69) is 0 Å². The smallest absolute Gasteiger partial charge is 0.339 e. The lowest BCUT2D eigenvalue weighted by Crippen LogP contribution is -2.30. The summed E-state index contributed by atoms with van der Waals surface area (Å²) in [4.78, 5) is 58.4. The molecule has 3 unspecified atom stereocenters. The average molecular weight is 545 g/mol. The van der Waals surface area contributed by atoms with Crippen molar-refractivity contribution in [2.24, 2.45) is 11.8 Å². The van der Waals surface area contributed by atoms with Crippen LogP contribution in [0.25, 0.3) is 22.2 Å². The molecule has 2 aliphatic rings. The van der Waals surface area contributed by atoms with Crippen molar-refractivity contribution in [3.8, 4) is 11.3 Å². The Morgan fingerprint density at radius 2 is 1.54 bits per heavy atom. The van der Waals surface area contributed by atoms with Gasteiger partial charge in [0.15, 0.2) is 6.10 Å². The van der Waals surface area contributed by atoms with Crippen LogP contribution in [0.4, 0.5) is 5.69 Å². The van der Waals surface area contributed by atoms with E-state index in [1.807, 2.05) is 37.3 Å². The molecule has 1 aliphatic heterocycles. The summed E-state index contributed by atoms with van der Waals surface area (Å²) >= 11 is 0. The fourth-order valence-electron chi connectivity index (χ4n) is 5.66. The third-order valence-electron chi connectivity index (χ3n) is 7.90. The number of ketones is 1. The molecule has 3 aromatic carbocycles. The molecule has 2 heterocycles. The molecule has 4 aromatic rings. The summed E-state index contributed by atoms with van der Waals surface area (Å²) in [5.74, 6) is -1.85. The number of anilines is 1. The number of nitrogens with zero attached hydrogens (tertiary/aromatic N) is 2. The van der Waals surface area contributed by atoms with E-state index in [1.165, 1.54) is 4.90 Å². The molecule has 1 fully saturated rings. The zero-order chi connectivity index (χ0) is 28.7. The highest BCUT2D eigenvalue weighted by molar-refractivity contribution is 6.22. The molecule has 6 rings (SSSR count). The van der Waals surface area contributed by atoms with Crippen LogP contribution in [0, 0.1) is 18.8 Å². The molecule has 0 N–H and O–H groups in total. The lowest BCUT2D eigenvalue weighted by Gasteiger charge is -2.16. The molecule has 204 valence electrons. The monoisotopic (exact) mass is 544 g/mol. The van der Waals surface area contributed by atoms with Gasteiger partial charge in [0.05, 0.1) is 34.3 Å². The second-order valence-corrected chi connectivity index (χ2v) is 10.5. The second-order valence-electron chi connectivity index (χ2n) is 10.5. The Kier molecular flexibility index (Phi) is 6.79. The number of carbonyl (C=O) groups excluding carboxylic acids is 4. The van der Waals surface area contributed by atoms with Crippen molar-refractivity contribution >= 4 is 40.2 Å². The first-order valence-corrected chi connectivity index (χ1v) is 13.7. The molecule has 1 saturated heterocycles. The van der Waals surface area contributed by atoms with E-state index in [-0.39, 0.29) is 29.4 Å². The number of Topliss-reactive ketones (excluding diaryl/α,β-unsaturated/α-hetero) is 1. The number of hydrogen-bond donors (Lipinski definition) is 0. The van der Waals surface area contributed by atoms with Crippen LogP contribution in [-0.4, -0.2) is 34.7 Å². The maximum Gasteiger partial charge on any atom is 0.339 e. The normalized spacial score (nSPS) is 18.8. The van der Waals surface area contributed by atoms with Gasteiger partial charge < -0.3 is 4.74 Å². The summed E-state index contributed by atoms with van der Waals surface area (Å²) in [6.45, 7) is 3.48. The molecule has 2 amide bonds. The van der Waals surface area contributed by atoms with Crippen molar-refractivity contribution in [1.82, 2.24) is 4.98 Å². The number of imide groups is 1. The van der Waals surface area contributed by atoms with E-state index in [4.69, 9.17) is 9.72 Å². The van der Waals surface area contributed by atoms with Crippen molar-refractivity contribution in [3.05, 3.63) is 108 Å². The second kappa shape index (κ2) is 10.6. The summed E-state index contributed by atoms with van der Waals surface area (Å²) in [7, 11) is 0. The maximum atomic E-state index is 13.4. The first-order chi connectivity index (χ1) is 19.8. The van der Waals surface area contributed by atoms with Gasteiger partial charge in [-0.05, 0) is 50.5 Å². The van der Waals surface area contributed by atoms with Gasteiger partial charge in [-0.1, -0.05) is 72.8 Å². The fourth-order valence-corrected chi connectivity index (χ4v) is 5.66. The van der Waals surface area contributed by atoms with Crippen LogP contribution in [-0.2, 0) is 14.3 Å². The highest BCUT2D eigenvalue weighted by Gasteiger charge is 2.47. The van der Waals surface area contributed by atoms with E-state index in [9.17, 15) is 19.2 Å². The first kappa shape index (κ1) is 26.3. The number of allylic oxidation sites excluding steroid dienone is 2. The zero-order valence-electron chi connectivity index (χ0n) is 22.7. The number of amides is 2. The van der Waals surface area contributed by atoms with Crippen molar-refractivity contribution in [3.63, 3.8) is 0 Å². The molecule has 7 nitrogen and oxygen atoms in total. The van der Waals surface area contributed by atoms with Gasteiger partial charge in [-0.25, -0.2) is 9.78 Å². The van der Waals surface area contributed by atoms with Crippen molar-refractivity contribution in [1.29, 1.82) is 0 Å². The Morgan fingerprint density at radius 1 is 0.878 bits per heavy atom. The highest BCUT2D eigenvalue weighted by atomic mass is 16.5. The quantitative estimate of drug-likeness (QED) is 0.126. The Labute approximate surface area is 237 Å². The van der Waals surface area contributed by atoms with Gasteiger partial charge in [-0.2, -0.15) is 0 Å². The van der Waals surface area contributed by atoms with Gasteiger partial charge in [0, 0.05) is 16.5 Å².